The summed E-state index contributed by atoms with van der Waals surface area (Å²) in [6.45, 7) is 3.33. The summed E-state index contributed by atoms with van der Waals surface area (Å²) in [7, 11) is -3.65. The molecule has 0 unspecified atom stereocenters. The van der Waals surface area contributed by atoms with Crippen LogP contribution in [-0.2, 0) is 14.9 Å². The van der Waals surface area contributed by atoms with Gasteiger partial charge in [0.2, 0.25) is 0 Å². The standard InChI is InChI=1S/C10H13NO4S/c1-3-15-11-16(13,14)10-6-4-9(5-7-10)8(2)12/h4-7,11H,3H2,1-2H3. The van der Waals surface area contributed by atoms with E-state index in [4.69, 9.17) is 0 Å². The molecular formula is C10H13NO4S. The lowest BCUT2D eigenvalue weighted by atomic mass is 10.2. The van der Waals surface area contributed by atoms with Crippen molar-refractivity contribution in [1.82, 2.24) is 4.89 Å². The number of hydrogen-bond donors (Lipinski definition) is 1. The number of Topliss-reactive ketones (excluding diaryl/α,β-unsaturated/α-hetero) is 1. The minimum absolute atomic E-state index is 0.0611. The van der Waals surface area contributed by atoms with Crippen molar-refractivity contribution in [3.63, 3.8) is 0 Å². The van der Waals surface area contributed by atoms with Gasteiger partial charge in [-0.25, -0.2) is 8.42 Å². The van der Waals surface area contributed by atoms with E-state index in [0.29, 0.717) is 5.56 Å². The Labute approximate surface area is 94.4 Å². The molecule has 0 saturated heterocycles. The fourth-order valence-electron chi connectivity index (χ4n) is 1.05. The molecule has 1 N–H and O–H groups in total. The summed E-state index contributed by atoms with van der Waals surface area (Å²) in [6.07, 6.45) is 0. The fourth-order valence-corrected chi connectivity index (χ4v) is 1.92. The molecule has 0 saturated carbocycles. The molecule has 0 atom stereocenters. The van der Waals surface area contributed by atoms with Crippen LogP contribution in [-0.4, -0.2) is 20.8 Å². The molecule has 0 spiro atoms. The Balaban J connectivity index is 2.93. The van der Waals surface area contributed by atoms with E-state index in [9.17, 15) is 13.2 Å². The van der Waals surface area contributed by atoms with E-state index >= 15 is 0 Å². The molecule has 1 aromatic rings. The van der Waals surface area contributed by atoms with Crippen LogP contribution in [0.3, 0.4) is 0 Å². The largest absolute Gasteiger partial charge is 0.295 e. The van der Waals surface area contributed by atoms with Gasteiger partial charge in [0.15, 0.2) is 5.78 Å². The van der Waals surface area contributed by atoms with E-state index < -0.39 is 10.0 Å². The summed E-state index contributed by atoms with van der Waals surface area (Å²) in [6, 6.07) is 5.64. The van der Waals surface area contributed by atoms with Gasteiger partial charge in [0.05, 0.1) is 11.5 Å². The van der Waals surface area contributed by atoms with Gasteiger partial charge < -0.3 is 0 Å². The quantitative estimate of drug-likeness (QED) is 0.621. The van der Waals surface area contributed by atoms with Crippen molar-refractivity contribution < 1.29 is 18.0 Å². The molecule has 0 aliphatic rings. The first-order chi connectivity index (χ1) is 7.47. The molecule has 0 radical (unpaired) electrons. The highest BCUT2D eigenvalue weighted by atomic mass is 32.2. The van der Waals surface area contributed by atoms with Crippen molar-refractivity contribution >= 4 is 15.8 Å². The Morgan fingerprint density at radius 2 is 1.88 bits per heavy atom. The van der Waals surface area contributed by atoms with Crippen molar-refractivity contribution in [3.8, 4) is 0 Å². The van der Waals surface area contributed by atoms with Crippen molar-refractivity contribution in [2.45, 2.75) is 18.7 Å². The molecule has 5 nitrogen and oxygen atoms in total. The van der Waals surface area contributed by atoms with Gasteiger partial charge in [0.25, 0.3) is 10.0 Å². The molecule has 0 aromatic heterocycles. The summed E-state index contributed by atoms with van der Waals surface area (Å²) in [4.78, 5) is 17.6. The highest BCUT2D eigenvalue weighted by Gasteiger charge is 2.13. The molecule has 0 bridgehead atoms. The van der Waals surface area contributed by atoms with Gasteiger partial charge in [-0.2, -0.15) is 0 Å². The summed E-state index contributed by atoms with van der Waals surface area (Å²) < 4.78 is 23.1. The number of sulfonamides is 1. The number of carbonyl (C=O) groups is 1. The first-order valence-corrected chi connectivity index (χ1v) is 6.20. The van der Waals surface area contributed by atoms with Crippen LogP contribution in [0.25, 0.3) is 0 Å². The number of carbonyl (C=O) groups excluding carboxylic acids is 1. The van der Waals surface area contributed by atoms with Crippen LogP contribution >= 0.6 is 0 Å². The third-order valence-corrected chi connectivity index (χ3v) is 3.11. The lowest BCUT2D eigenvalue weighted by Gasteiger charge is -2.05. The molecule has 1 aromatic carbocycles. The smallest absolute Gasteiger partial charge is 0.262 e. The molecule has 16 heavy (non-hydrogen) atoms. The first-order valence-electron chi connectivity index (χ1n) is 4.72. The Hall–Kier alpha value is -1.24. The Morgan fingerprint density at radius 1 is 1.31 bits per heavy atom. The van der Waals surface area contributed by atoms with Crippen LogP contribution in [0.1, 0.15) is 24.2 Å². The Kier molecular flexibility index (Phi) is 4.17. The fraction of sp³-hybridized carbons (Fsp3) is 0.300. The van der Waals surface area contributed by atoms with Gasteiger partial charge in [-0.05, 0) is 26.0 Å². The van der Waals surface area contributed by atoms with Gasteiger partial charge in [-0.1, -0.05) is 17.0 Å². The van der Waals surface area contributed by atoms with Crippen molar-refractivity contribution in [3.05, 3.63) is 29.8 Å². The second-order valence-electron chi connectivity index (χ2n) is 3.10. The van der Waals surface area contributed by atoms with Crippen LogP contribution in [0.4, 0.5) is 0 Å². The van der Waals surface area contributed by atoms with Crippen LogP contribution < -0.4 is 4.89 Å². The zero-order valence-electron chi connectivity index (χ0n) is 9.06. The second-order valence-corrected chi connectivity index (χ2v) is 4.75. The van der Waals surface area contributed by atoms with Crippen LogP contribution in [0.15, 0.2) is 29.2 Å². The molecule has 88 valence electrons. The maximum atomic E-state index is 11.6. The molecule has 0 aliphatic heterocycles. The number of hydrogen-bond acceptors (Lipinski definition) is 4. The van der Waals surface area contributed by atoms with E-state index in [2.05, 4.69) is 4.84 Å². The molecule has 0 fully saturated rings. The highest BCUT2D eigenvalue weighted by Crippen LogP contribution is 2.10. The van der Waals surface area contributed by atoms with Crippen molar-refractivity contribution in [2.24, 2.45) is 0 Å². The number of rotatable bonds is 5. The van der Waals surface area contributed by atoms with Gasteiger partial charge in [-0.3, -0.25) is 9.63 Å². The number of ketones is 1. The first kappa shape index (κ1) is 12.8. The summed E-state index contributed by atoms with van der Waals surface area (Å²) in [5.41, 5.74) is 0.468. The molecule has 0 heterocycles. The molecule has 6 heteroatoms. The van der Waals surface area contributed by atoms with E-state index in [1.54, 1.807) is 6.92 Å². The maximum absolute atomic E-state index is 11.6. The topological polar surface area (TPSA) is 72.5 Å². The monoisotopic (exact) mass is 243 g/mol. The summed E-state index contributed by atoms with van der Waals surface area (Å²) >= 11 is 0. The maximum Gasteiger partial charge on any atom is 0.262 e. The summed E-state index contributed by atoms with van der Waals surface area (Å²) in [5, 5.41) is 0. The Morgan fingerprint density at radius 3 is 2.31 bits per heavy atom. The van der Waals surface area contributed by atoms with Gasteiger partial charge in [-0.15, -0.1) is 0 Å². The highest BCUT2D eigenvalue weighted by molar-refractivity contribution is 7.89. The molecular weight excluding hydrogens is 230 g/mol. The average Bonchev–Trinajstić information content (AvgIpc) is 2.26. The average molecular weight is 243 g/mol. The number of nitrogens with one attached hydrogen (secondary N) is 1. The summed E-state index contributed by atoms with van der Waals surface area (Å²) in [5.74, 6) is -0.110. The van der Waals surface area contributed by atoms with E-state index in [0.717, 1.165) is 0 Å². The van der Waals surface area contributed by atoms with E-state index in [1.807, 2.05) is 4.89 Å². The molecule has 1 rings (SSSR count). The lowest BCUT2D eigenvalue weighted by Crippen LogP contribution is -2.23. The van der Waals surface area contributed by atoms with Crippen LogP contribution in [0.2, 0.25) is 0 Å². The zero-order chi connectivity index (χ0) is 12.2. The van der Waals surface area contributed by atoms with Crippen LogP contribution in [0, 0.1) is 0 Å². The molecule has 0 aliphatic carbocycles. The SMILES string of the molecule is CCONS(=O)(=O)c1ccc(C(C)=O)cc1. The van der Waals surface area contributed by atoms with Crippen molar-refractivity contribution in [2.75, 3.05) is 6.61 Å². The van der Waals surface area contributed by atoms with Gasteiger partial charge in [0, 0.05) is 5.56 Å². The second kappa shape index (κ2) is 5.20. The van der Waals surface area contributed by atoms with Crippen LogP contribution in [0.5, 0.6) is 0 Å². The lowest BCUT2D eigenvalue weighted by molar-refractivity contribution is 0.101. The normalized spacial score (nSPS) is 11.4. The number of benzene rings is 1. The predicted octanol–water partition coefficient (Wildman–Crippen LogP) is 1.12. The zero-order valence-corrected chi connectivity index (χ0v) is 9.87. The minimum Gasteiger partial charge on any atom is -0.295 e. The van der Waals surface area contributed by atoms with Gasteiger partial charge in [0.1, 0.15) is 0 Å². The third kappa shape index (κ3) is 3.13. The predicted molar refractivity (Wildman–Crippen MR) is 58.4 cm³/mol. The minimum atomic E-state index is -3.65. The Bertz CT molecular complexity index is 464. The molecule has 0 amide bonds. The van der Waals surface area contributed by atoms with Crippen molar-refractivity contribution in [1.29, 1.82) is 0 Å². The third-order valence-electron chi connectivity index (χ3n) is 1.88. The van der Waals surface area contributed by atoms with E-state index in [-0.39, 0.29) is 17.3 Å². The van der Waals surface area contributed by atoms with E-state index in [1.165, 1.54) is 31.2 Å². The van der Waals surface area contributed by atoms with Gasteiger partial charge >= 0.3 is 0 Å².